The van der Waals surface area contributed by atoms with E-state index < -0.39 is 30.4 Å². The Balaban J connectivity index is 1.33. The number of aliphatic carboxylic acids is 1. The van der Waals surface area contributed by atoms with Crippen molar-refractivity contribution in [1.82, 2.24) is 10.6 Å². The number of carboxylic acids is 1. The molecule has 1 unspecified atom stereocenters. The molecule has 35 heavy (non-hydrogen) atoms. The number of hydrogen-bond donors (Lipinski definition) is 3. The van der Waals surface area contributed by atoms with Crippen molar-refractivity contribution < 1.29 is 24.2 Å². The van der Waals surface area contributed by atoms with Crippen LogP contribution in [0, 0.1) is 11.3 Å². The Labute approximate surface area is 206 Å². The van der Waals surface area contributed by atoms with E-state index in [1.165, 1.54) is 0 Å². The number of carboxylic acid groups (broad SMARTS) is 1. The molecule has 0 aromatic heterocycles. The maximum Gasteiger partial charge on any atom is 0.407 e. The van der Waals surface area contributed by atoms with Crippen molar-refractivity contribution in [2.24, 2.45) is 11.3 Å². The first-order chi connectivity index (χ1) is 16.7. The van der Waals surface area contributed by atoms with Crippen molar-refractivity contribution >= 4 is 18.0 Å². The Kier molecular flexibility index (Phi) is 7.43. The minimum absolute atomic E-state index is 0.0964. The minimum Gasteiger partial charge on any atom is -0.481 e. The molecule has 0 radical (unpaired) electrons. The molecule has 0 spiro atoms. The Hall–Kier alpha value is -3.35. The van der Waals surface area contributed by atoms with E-state index in [9.17, 15) is 19.5 Å². The zero-order chi connectivity index (χ0) is 25.0. The number of amides is 2. The molecule has 0 saturated heterocycles. The number of benzene rings is 2. The van der Waals surface area contributed by atoms with Crippen LogP contribution in [-0.4, -0.2) is 42.3 Å². The number of carbonyl (C=O) groups excluding carboxylic acids is 2. The molecule has 1 fully saturated rings. The van der Waals surface area contributed by atoms with Crippen molar-refractivity contribution in [3.63, 3.8) is 0 Å². The van der Waals surface area contributed by atoms with Gasteiger partial charge in [-0.1, -0.05) is 62.4 Å². The number of nitrogens with one attached hydrogen (secondary N) is 2. The third-order valence-corrected chi connectivity index (χ3v) is 7.35. The summed E-state index contributed by atoms with van der Waals surface area (Å²) in [5.74, 6) is -1.41. The number of rotatable bonds is 8. The molecule has 2 aromatic carbocycles. The molecule has 2 aromatic rings. The highest BCUT2D eigenvalue weighted by atomic mass is 16.5. The van der Waals surface area contributed by atoms with Crippen LogP contribution >= 0.6 is 0 Å². The topological polar surface area (TPSA) is 105 Å². The predicted molar refractivity (Wildman–Crippen MR) is 133 cm³/mol. The average molecular weight is 479 g/mol. The van der Waals surface area contributed by atoms with E-state index >= 15 is 0 Å². The van der Waals surface area contributed by atoms with Gasteiger partial charge in [0.1, 0.15) is 12.6 Å². The maximum absolute atomic E-state index is 12.7. The average Bonchev–Trinajstić information content (AvgIpc) is 3.15. The SMILES string of the molecule is CC1(C)CCC(CNC(=O)C(CC(=O)O)NC(=O)OCC2c3ccccc3-c3ccccc32)CC1. The molecule has 7 heteroatoms. The Morgan fingerprint density at radius 3 is 2.14 bits per heavy atom. The van der Waals surface area contributed by atoms with Gasteiger partial charge >= 0.3 is 12.1 Å². The molecule has 1 atom stereocenters. The lowest BCUT2D eigenvalue weighted by Gasteiger charge is -2.34. The lowest BCUT2D eigenvalue weighted by Crippen LogP contribution is -2.49. The van der Waals surface area contributed by atoms with Crippen LogP contribution in [0.3, 0.4) is 0 Å². The zero-order valence-electron chi connectivity index (χ0n) is 20.4. The van der Waals surface area contributed by atoms with Gasteiger partial charge in [-0.25, -0.2) is 4.79 Å². The van der Waals surface area contributed by atoms with E-state index in [-0.39, 0.29) is 12.5 Å². The highest BCUT2D eigenvalue weighted by Gasteiger charge is 2.31. The van der Waals surface area contributed by atoms with E-state index in [0.717, 1.165) is 47.9 Å². The van der Waals surface area contributed by atoms with E-state index in [1.54, 1.807) is 0 Å². The Morgan fingerprint density at radius 1 is 1.00 bits per heavy atom. The van der Waals surface area contributed by atoms with E-state index in [2.05, 4.69) is 36.6 Å². The summed E-state index contributed by atoms with van der Waals surface area (Å²) in [6.45, 7) is 5.09. The molecular weight excluding hydrogens is 444 g/mol. The van der Waals surface area contributed by atoms with Crippen molar-refractivity contribution in [3.05, 3.63) is 59.7 Å². The first-order valence-electron chi connectivity index (χ1n) is 12.3. The second-order valence-corrected chi connectivity index (χ2v) is 10.5. The second-order valence-electron chi connectivity index (χ2n) is 10.5. The Bertz CT molecular complexity index is 1040. The molecule has 186 valence electrons. The van der Waals surface area contributed by atoms with Gasteiger partial charge in [0.05, 0.1) is 6.42 Å². The van der Waals surface area contributed by atoms with Gasteiger partial charge in [-0.3, -0.25) is 9.59 Å². The zero-order valence-corrected chi connectivity index (χ0v) is 20.4. The summed E-state index contributed by atoms with van der Waals surface area (Å²) in [4.78, 5) is 36.7. The highest BCUT2D eigenvalue weighted by molar-refractivity contribution is 5.89. The molecule has 2 aliphatic rings. The highest BCUT2D eigenvalue weighted by Crippen LogP contribution is 2.44. The molecule has 2 aliphatic carbocycles. The number of carbonyl (C=O) groups is 3. The Morgan fingerprint density at radius 2 is 1.57 bits per heavy atom. The molecule has 1 saturated carbocycles. The molecule has 3 N–H and O–H groups in total. The molecule has 0 heterocycles. The van der Waals surface area contributed by atoms with Crippen molar-refractivity contribution in [2.45, 2.75) is 57.9 Å². The van der Waals surface area contributed by atoms with Crippen LogP contribution in [0.25, 0.3) is 11.1 Å². The number of alkyl carbamates (subject to hydrolysis) is 1. The van der Waals surface area contributed by atoms with Gasteiger partial charge in [-0.05, 0) is 59.3 Å². The number of ether oxygens (including phenoxy) is 1. The van der Waals surface area contributed by atoms with Gasteiger partial charge in [0.15, 0.2) is 0 Å². The van der Waals surface area contributed by atoms with Gasteiger partial charge in [-0.2, -0.15) is 0 Å². The molecule has 2 amide bonds. The van der Waals surface area contributed by atoms with Crippen LogP contribution in [0.5, 0.6) is 0 Å². The fraction of sp³-hybridized carbons (Fsp3) is 0.464. The van der Waals surface area contributed by atoms with E-state index in [4.69, 9.17) is 4.74 Å². The summed E-state index contributed by atoms with van der Waals surface area (Å²) in [7, 11) is 0. The van der Waals surface area contributed by atoms with Gasteiger partial charge < -0.3 is 20.5 Å². The summed E-state index contributed by atoms with van der Waals surface area (Å²) in [5.41, 5.74) is 4.73. The maximum atomic E-state index is 12.7. The molecule has 0 aliphatic heterocycles. The monoisotopic (exact) mass is 478 g/mol. The van der Waals surface area contributed by atoms with Crippen molar-refractivity contribution in [2.75, 3.05) is 13.2 Å². The van der Waals surface area contributed by atoms with Crippen LogP contribution in [0.4, 0.5) is 4.79 Å². The number of hydrogen-bond acceptors (Lipinski definition) is 4. The van der Waals surface area contributed by atoms with Gasteiger partial charge in [0.25, 0.3) is 0 Å². The lowest BCUT2D eigenvalue weighted by molar-refractivity contribution is -0.139. The normalized spacial score (nSPS) is 17.7. The largest absolute Gasteiger partial charge is 0.481 e. The van der Waals surface area contributed by atoms with Crippen LogP contribution < -0.4 is 10.6 Å². The summed E-state index contributed by atoms with van der Waals surface area (Å²) in [6.07, 6.45) is 2.95. The standard InChI is InChI=1S/C28H34N2O5/c1-28(2)13-11-18(12-14-28)16-29-26(33)24(15-25(31)32)30-27(34)35-17-23-21-9-5-3-7-19(21)20-8-4-6-10-22(20)23/h3-10,18,23-24H,11-17H2,1-2H3,(H,29,33)(H,30,34)(H,31,32). The molecule has 4 rings (SSSR count). The van der Waals surface area contributed by atoms with Crippen molar-refractivity contribution in [3.8, 4) is 11.1 Å². The fourth-order valence-electron chi connectivity index (χ4n) is 5.20. The van der Waals surface area contributed by atoms with E-state index in [1.807, 2.05) is 36.4 Å². The summed E-state index contributed by atoms with van der Waals surface area (Å²) in [6, 6.07) is 14.8. The van der Waals surface area contributed by atoms with Crippen molar-refractivity contribution in [1.29, 1.82) is 0 Å². The minimum atomic E-state index is -1.19. The summed E-state index contributed by atoms with van der Waals surface area (Å²) in [5, 5.41) is 14.6. The molecule has 0 bridgehead atoms. The van der Waals surface area contributed by atoms with Gasteiger partial charge in [0.2, 0.25) is 5.91 Å². The number of fused-ring (bicyclic) bond motifs is 3. The smallest absolute Gasteiger partial charge is 0.407 e. The lowest BCUT2D eigenvalue weighted by atomic mass is 9.73. The van der Waals surface area contributed by atoms with Gasteiger partial charge in [-0.15, -0.1) is 0 Å². The molecular formula is C28H34N2O5. The summed E-state index contributed by atoms with van der Waals surface area (Å²) >= 11 is 0. The fourth-order valence-corrected chi connectivity index (χ4v) is 5.20. The first kappa shape index (κ1) is 24.8. The predicted octanol–water partition coefficient (Wildman–Crippen LogP) is 4.70. The van der Waals surface area contributed by atoms with Crippen LogP contribution in [0.2, 0.25) is 0 Å². The van der Waals surface area contributed by atoms with Crippen LogP contribution in [-0.2, 0) is 14.3 Å². The third kappa shape index (κ3) is 6.02. The second kappa shape index (κ2) is 10.5. The molecule has 7 nitrogen and oxygen atoms in total. The van der Waals surface area contributed by atoms with Crippen LogP contribution in [0.15, 0.2) is 48.5 Å². The van der Waals surface area contributed by atoms with E-state index in [0.29, 0.717) is 17.9 Å². The van der Waals surface area contributed by atoms with Gasteiger partial charge in [0, 0.05) is 12.5 Å². The van der Waals surface area contributed by atoms with Crippen LogP contribution in [0.1, 0.15) is 63.0 Å². The quantitative estimate of drug-likeness (QED) is 0.510. The first-order valence-corrected chi connectivity index (χ1v) is 12.3. The summed E-state index contributed by atoms with van der Waals surface area (Å²) < 4.78 is 5.50. The third-order valence-electron chi connectivity index (χ3n) is 7.35.